The van der Waals surface area contributed by atoms with E-state index in [4.69, 9.17) is 23.2 Å². The van der Waals surface area contributed by atoms with Crippen molar-refractivity contribution in [2.75, 3.05) is 11.9 Å². The first-order valence-corrected chi connectivity index (χ1v) is 8.56. The fraction of sp³-hybridized carbons (Fsp3) is 0.278. The average molecular weight is 365 g/mol. The Kier molecular flexibility index (Phi) is 5.29. The fourth-order valence-electron chi connectivity index (χ4n) is 2.53. The van der Waals surface area contributed by atoms with Crippen LogP contribution in [-0.2, 0) is 0 Å². The third-order valence-corrected chi connectivity index (χ3v) is 4.54. The Balaban J connectivity index is 1.71. The maximum absolute atomic E-state index is 12.6. The van der Waals surface area contributed by atoms with Crippen LogP contribution in [0.1, 0.15) is 24.5 Å². The topological polar surface area (TPSA) is 52.6 Å². The monoisotopic (exact) mass is 364 g/mol. The zero-order valence-corrected chi connectivity index (χ0v) is 14.5. The normalized spacial score (nSPS) is 15.0. The summed E-state index contributed by atoms with van der Waals surface area (Å²) in [4.78, 5) is 14.3. The number of urea groups is 1. The number of anilines is 1. The van der Waals surface area contributed by atoms with Crippen molar-refractivity contribution in [2.24, 2.45) is 0 Å². The van der Waals surface area contributed by atoms with Gasteiger partial charge in [0.1, 0.15) is 0 Å². The van der Waals surface area contributed by atoms with E-state index < -0.39 is 6.10 Å². The number of nitrogens with zero attached hydrogens (tertiary/aromatic N) is 1. The van der Waals surface area contributed by atoms with Gasteiger partial charge in [-0.1, -0.05) is 53.5 Å². The number of rotatable bonds is 5. The predicted molar refractivity (Wildman–Crippen MR) is 96.6 cm³/mol. The van der Waals surface area contributed by atoms with E-state index in [0.717, 1.165) is 18.4 Å². The highest BCUT2D eigenvalue weighted by molar-refractivity contribution is 6.35. The van der Waals surface area contributed by atoms with E-state index in [1.54, 1.807) is 23.1 Å². The van der Waals surface area contributed by atoms with Crippen LogP contribution < -0.4 is 5.32 Å². The van der Waals surface area contributed by atoms with Crippen LogP contribution in [0.25, 0.3) is 0 Å². The number of carbonyl (C=O) groups excluding carboxylic acids is 1. The van der Waals surface area contributed by atoms with Gasteiger partial charge in [-0.3, -0.25) is 0 Å². The minimum atomic E-state index is -0.729. The van der Waals surface area contributed by atoms with Gasteiger partial charge >= 0.3 is 6.03 Å². The van der Waals surface area contributed by atoms with Crippen LogP contribution in [0.15, 0.2) is 48.5 Å². The second kappa shape index (κ2) is 7.43. The molecule has 0 radical (unpaired) electrons. The number of aliphatic hydroxyl groups is 1. The number of hydrogen-bond donors (Lipinski definition) is 2. The molecule has 3 rings (SSSR count). The molecule has 0 unspecified atom stereocenters. The molecule has 1 atom stereocenters. The number of aliphatic hydroxyl groups excluding tert-OH is 1. The Hall–Kier alpha value is -1.75. The minimum absolute atomic E-state index is 0.154. The van der Waals surface area contributed by atoms with E-state index in [1.165, 1.54) is 0 Å². The fourth-order valence-corrected chi connectivity index (χ4v) is 2.87. The molecule has 4 nitrogen and oxygen atoms in total. The first kappa shape index (κ1) is 17.1. The van der Waals surface area contributed by atoms with Gasteiger partial charge in [0.25, 0.3) is 0 Å². The number of amides is 2. The smallest absolute Gasteiger partial charge is 0.322 e. The second-order valence-corrected chi connectivity index (χ2v) is 6.71. The molecule has 24 heavy (non-hydrogen) atoms. The van der Waals surface area contributed by atoms with Gasteiger partial charge in [0.05, 0.1) is 23.4 Å². The lowest BCUT2D eigenvalue weighted by Crippen LogP contribution is -2.39. The van der Waals surface area contributed by atoms with Gasteiger partial charge in [-0.15, -0.1) is 0 Å². The molecule has 0 aromatic heterocycles. The van der Waals surface area contributed by atoms with Crippen LogP contribution in [0.2, 0.25) is 10.0 Å². The van der Waals surface area contributed by atoms with Crippen molar-refractivity contribution in [1.29, 1.82) is 0 Å². The number of halogens is 2. The Bertz CT molecular complexity index is 720. The number of hydrogen-bond acceptors (Lipinski definition) is 2. The summed E-state index contributed by atoms with van der Waals surface area (Å²) >= 11 is 12.1. The van der Waals surface area contributed by atoms with Crippen molar-refractivity contribution < 1.29 is 9.90 Å². The van der Waals surface area contributed by atoms with Crippen molar-refractivity contribution in [1.82, 2.24) is 4.90 Å². The summed E-state index contributed by atoms with van der Waals surface area (Å²) in [7, 11) is 0. The van der Waals surface area contributed by atoms with Crippen molar-refractivity contribution in [3.05, 3.63) is 64.1 Å². The molecule has 1 aliphatic rings. The van der Waals surface area contributed by atoms with E-state index in [0.29, 0.717) is 15.7 Å². The Morgan fingerprint density at radius 1 is 1.21 bits per heavy atom. The summed E-state index contributed by atoms with van der Waals surface area (Å²) in [6.45, 7) is 0.235. The summed E-state index contributed by atoms with van der Waals surface area (Å²) in [5, 5.41) is 14.1. The van der Waals surface area contributed by atoms with E-state index >= 15 is 0 Å². The minimum Gasteiger partial charge on any atom is -0.387 e. The first-order chi connectivity index (χ1) is 11.5. The predicted octanol–water partition coefficient (Wildman–Crippen LogP) is 4.72. The molecule has 2 aromatic rings. The molecule has 6 heteroatoms. The lowest BCUT2D eigenvalue weighted by molar-refractivity contribution is 0.123. The highest BCUT2D eigenvalue weighted by Gasteiger charge is 2.34. The van der Waals surface area contributed by atoms with E-state index in [9.17, 15) is 9.90 Å². The number of benzene rings is 2. The molecule has 2 aromatic carbocycles. The lowest BCUT2D eigenvalue weighted by atomic mass is 10.1. The van der Waals surface area contributed by atoms with Gasteiger partial charge < -0.3 is 15.3 Å². The highest BCUT2D eigenvalue weighted by atomic mass is 35.5. The van der Waals surface area contributed by atoms with Gasteiger partial charge in [0.2, 0.25) is 0 Å². The van der Waals surface area contributed by atoms with Crippen molar-refractivity contribution in [3.8, 4) is 0 Å². The molecule has 1 fully saturated rings. The Morgan fingerprint density at radius 2 is 1.92 bits per heavy atom. The summed E-state index contributed by atoms with van der Waals surface area (Å²) in [5.74, 6) is 0. The Labute approximate surface area is 151 Å². The van der Waals surface area contributed by atoms with Gasteiger partial charge in [-0.05, 0) is 36.6 Å². The van der Waals surface area contributed by atoms with Crippen LogP contribution in [0.4, 0.5) is 10.5 Å². The third kappa shape index (κ3) is 4.20. The van der Waals surface area contributed by atoms with E-state index in [-0.39, 0.29) is 18.6 Å². The average Bonchev–Trinajstić information content (AvgIpc) is 3.41. The lowest BCUT2D eigenvalue weighted by Gasteiger charge is -2.26. The molecule has 0 heterocycles. The SMILES string of the molecule is O=C(Nc1cc(Cl)ccc1Cl)N(C[C@H](O)c1ccccc1)C1CC1. The molecule has 0 saturated heterocycles. The van der Waals surface area contributed by atoms with Gasteiger partial charge in [-0.2, -0.15) is 0 Å². The molecule has 2 amide bonds. The highest BCUT2D eigenvalue weighted by Crippen LogP contribution is 2.31. The van der Waals surface area contributed by atoms with Gasteiger partial charge in [0, 0.05) is 11.1 Å². The molecule has 0 spiro atoms. The number of carbonyl (C=O) groups is 1. The summed E-state index contributed by atoms with van der Waals surface area (Å²) in [6, 6.07) is 14.1. The third-order valence-electron chi connectivity index (χ3n) is 3.97. The molecule has 0 aliphatic heterocycles. The molecule has 1 aliphatic carbocycles. The van der Waals surface area contributed by atoms with E-state index in [1.807, 2.05) is 30.3 Å². The molecule has 0 bridgehead atoms. The molecule has 1 saturated carbocycles. The first-order valence-electron chi connectivity index (χ1n) is 7.80. The molecule has 126 valence electrons. The molecular formula is C18H18Cl2N2O2. The van der Waals surface area contributed by atoms with Crippen molar-refractivity contribution in [2.45, 2.75) is 25.0 Å². The Morgan fingerprint density at radius 3 is 2.58 bits per heavy atom. The van der Waals surface area contributed by atoms with Crippen LogP contribution in [0.3, 0.4) is 0 Å². The summed E-state index contributed by atoms with van der Waals surface area (Å²) < 4.78 is 0. The summed E-state index contributed by atoms with van der Waals surface area (Å²) in [6.07, 6.45) is 1.16. The van der Waals surface area contributed by atoms with Crippen LogP contribution in [0.5, 0.6) is 0 Å². The zero-order valence-electron chi connectivity index (χ0n) is 13.0. The van der Waals surface area contributed by atoms with Crippen LogP contribution in [0, 0.1) is 0 Å². The molecule has 2 N–H and O–H groups in total. The van der Waals surface area contributed by atoms with Crippen LogP contribution in [-0.4, -0.2) is 28.6 Å². The maximum Gasteiger partial charge on any atom is 0.322 e. The van der Waals surface area contributed by atoms with Crippen LogP contribution >= 0.6 is 23.2 Å². The van der Waals surface area contributed by atoms with Crippen molar-refractivity contribution in [3.63, 3.8) is 0 Å². The summed E-state index contributed by atoms with van der Waals surface area (Å²) in [5.41, 5.74) is 1.26. The standard InChI is InChI=1S/C18H18Cl2N2O2/c19-13-6-9-15(20)16(10-13)21-18(24)22(14-7-8-14)11-17(23)12-4-2-1-3-5-12/h1-6,9-10,14,17,23H,7-8,11H2,(H,21,24)/t17-/m0/s1. The van der Waals surface area contributed by atoms with Gasteiger partial charge in [-0.25, -0.2) is 4.79 Å². The van der Waals surface area contributed by atoms with Gasteiger partial charge in [0.15, 0.2) is 0 Å². The van der Waals surface area contributed by atoms with Crippen molar-refractivity contribution >= 4 is 34.9 Å². The quantitative estimate of drug-likeness (QED) is 0.805. The molecular weight excluding hydrogens is 347 g/mol. The largest absolute Gasteiger partial charge is 0.387 e. The zero-order chi connectivity index (χ0) is 17.1. The number of nitrogens with one attached hydrogen (secondary N) is 1. The maximum atomic E-state index is 12.6. The second-order valence-electron chi connectivity index (χ2n) is 5.86. The van der Waals surface area contributed by atoms with E-state index in [2.05, 4.69) is 5.32 Å².